The first kappa shape index (κ1) is 13.7. The fourth-order valence-electron chi connectivity index (χ4n) is 1.85. The highest BCUT2D eigenvalue weighted by Gasteiger charge is 2.12. The van der Waals surface area contributed by atoms with Gasteiger partial charge in [-0.3, -0.25) is 9.48 Å². The van der Waals surface area contributed by atoms with Gasteiger partial charge >= 0.3 is 0 Å². The van der Waals surface area contributed by atoms with E-state index >= 15 is 0 Å². The molecule has 0 spiro atoms. The zero-order chi connectivity index (χ0) is 14.7. The van der Waals surface area contributed by atoms with Crippen molar-refractivity contribution in [3.8, 4) is 6.07 Å². The summed E-state index contributed by atoms with van der Waals surface area (Å²) in [5.74, 6) is -0.831. The zero-order valence-electron chi connectivity index (χ0n) is 11.1. The van der Waals surface area contributed by atoms with Crippen LogP contribution in [0, 0.1) is 24.1 Å². The van der Waals surface area contributed by atoms with Crippen molar-refractivity contribution in [1.82, 2.24) is 15.1 Å². The number of amides is 1. The highest BCUT2D eigenvalue weighted by Crippen LogP contribution is 2.10. The van der Waals surface area contributed by atoms with Crippen molar-refractivity contribution >= 4 is 5.91 Å². The van der Waals surface area contributed by atoms with E-state index in [-0.39, 0.29) is 18.0 Å². The largest absolute Gasteiger partial charge is 0.347 e. The zero-order valence-corrected chi connectivity index (χ0v) is 11.1. The van der Waals surface area contributed by atoms with Gasteiger partial charge in [-0.25, -0.2) is 4.39 Å². The molecule has 0 saturated heterocycles. The van der Waals surface area contributed by atoms with Crippen LogP contribution < -0.4 is 5.32 Å². The standard InChI is InChI=1S/C14H13FN4O/c1-9-5-13(19(2)18-9)14(20)17-8-11-4-3-10(7-16)6-12(11)15/h3-6H,8H2,1-2H3,(H,17,20). The summed E-state index contributed by atoms with van der Waals surface area (Å²) in [5, 5.41) is 15.4. The number of hydrogen-bond donors (Lipinski definition) is 1. The number of halogens is 1. The predicted octanol–water partition coefficient (Wildman–Crippen LogP) is 1.67. The van der Waals surface area contributed by atoms with Gasteiger partial charge in [0, 0.05) is 19.2 Å². The van der Waals surface area contributed by atoms with Gasteiger partial charge in [0.2, 0.25) is 0 Å². The monoisotopic (exact) mass is 272 g/mol. The highest BCUT2D eigenvalue weighted by molar-refractivity contribution is 5.92. The quantitative estimate of drug-likeness (QED) is 0.923. The molecular formula is C14H13FN4O. The molecule has 1 heterocycles. The van der Waals surface area contributed by atoms with Crippen LogP contribution in [0.5, 0.6) is 0 Å². The Balaban J connectivity index is 2.08. The van der Waals surface area contributed by atoms with Crippen LogP contribution in [0.25, 0.3) is 0 Å². The van der Waals surface area contributed by atoms with Crippen LogP contribution in [-0.2, 0) is 13.6 Å². The molecule has 1 amide bonds. The van der Waals surface area contributed by atoms with Crippen molar-refractivity contribution in [2.45, 2.75) is 13.5 Å². The molecule has 2 aromatic rings. The number of aromatic nitrogens is 2. The number of nitrogens with zero attached hydrogens (tertiary/aromatic N) is 3. The minimum atomic E-state index is -0.509. The van der Waals surface area contributed by atoms with Gasteiger partial charge in [-0.15, -0.1) is 0 Å². The van der Waals surface area contributed by atoms with Crippen molar-refractivity contribution in [1.29, 1.82) is 5.26 Å². The molecule has 5 nitrogen and oxygen atoms in total. The Morgan fingerprint density at radius 3 is 2.80 bits per heavy atom. The molecule has 0 aliphatic rings. The van der Waals surface area contributed by atoms with Gasteiger partial charge in [-0.2, -0.15) is 10.4 Å². The molecule has 0 fully saturated rings. The van der Waals surface area contributed by atoms with Crippen molar-refractivity contribution in [3.05, 3.63) is 52.6 Å². The normalized spacial score (nSPS) is 10.1. The number of nitriles is 1. The molecule has 1 aromatic heterocycles. The number of carbonyl (C=O) groups is 1. The third-order valence-corrected chi connectivity index (χ3v) is 2.86. The molecule has 1 aromatic carbocycles. The first-order chi connectivity index (χ1) is 9.51. The van der Waals surface area contributed by atoms with Crippen LogP contribution in [0.15, 0.2) is 24.3 Å². The lowest BCUT2D eigenvalue weighted by Gasteiger charge is -2.06. The van der Waals surface area contributed by atoms with Crippen molar-refractivity contribution in [2.24, 2.45) is 7.05 Å². The topological polar surface area (TPSA) is 70.7 Å². The molecular weight excluding hydrogens is 259 g/mol. The summed E-state index contributed by atoms with van der Waals surface area (Å²) in [6, 6.07) is 7.66. The summed E-state index contributed by atoms with van der Waals surface area (Å²) in [6.07, 6.45) is 0. The Morgan fingerprint density at radius 1 is 1.50 bits per heavy atom. The maximum absolute atomic E-state index is 13.7. The van der Waals surface area contributed by atoms with Gasteiger partial charge in [-0.1, -0.05) is 6.07 Å². The van der Waals surface area contributed by atoms with Gasteiger partial charge in [0.05, 0.1) is 17.3 Å². The minimum Gasteiger partial charge on any atom is -0.347 e. The molecule has 6 heteroatoms. The Morgan fingerprint density at radius 2 is 2.25 bits per heavy atom. The first-order valence-electron chi connectivity index (χ1n) is 5.98. The molecule has 0 aliphatic carbocycles. The smallest absolute Gasteiger partial charge is 0.269 e. The fraction of sp³-hybridized carbons (Fsp3) is 0.214. The summed E-state index contributed by atoms with van der Waals surface area (Å²) in [5.41, 5.74) is 1.73. The van der Waals surface area contributed by atoms with Crippen LogP contribution in [-0.4, -0.2) is 15.7 Å². The SMILES string of the molecule is Cc1cc(C(=O)NCc2ccc(C#N)cc2F)n(C)n1. The molecule has 0 saturated carbocycles. The van der Waals surface area contributed by atoms with E-state index in [1.165, 1.54) is 16.8 Å². The second kappa shape index (κ2) is 5.53. The Labute approximate surface area is 115 Å². The lowest BCUT2D eigenvalue weighted by molar-refractivity contribution is 0.0941. The number of carbonyl (C=O) groups excluding carboxylic acids is 1. The van der Waals surface area contributed by atoms with E-state index in [2.05, 4.69) is 10.4 Å². The molecule has 20 heavy (non-hydrogen) atoms. The maximum atomic E-state index is 13.7. The van der Waals surface area contributed by atoms with E-state index in [9.17, 15) is 9.18 Å². The van der Waals surface area contributed by atoms with Crippen molar-refractivity contribution < 1.29 is 9.18 Å². The van der Waals surface area contributed by atoms with Crippen LogP contribution in [0.2, 0.25) is 0 Å². The van der Waals surface area contributed by atoms with Gasteiger partial charge in [0.1, 0.15) is 11.5 Å². The average Bonchev–Trinajstić information content (AvgIpc) is 2.76. The first-order valence-corrected chi connectivity index (χ1v) is 5.98. The number of benzene rings is 1. The average molecular weight is 272 g/mol. The number of hydrogen-bond acceptors (Lipinski definition) is 3. The van der Waals surface area contributed by atoms with E-state index in [1.807, 2.05) is 6.07 Å². The summed E-state index contributed by atoms with van der Waals surface area (Å²) in [7, 11) is 1.67. The molecule has 102 valence electrons. The van der Waals surface area contributed by atoms with Crippen LogP contribution >= 0.6 is 0 Å². The van der Waals surface area contributed by atoms with E-state index in [4.69, 9.17) is 5.26 Å². The lowest BCUT2D eigenvalue weighted by atomic mass is 10.1. The Bertz CT molecular complexity index is 700. The summed E-state index contributed by atoms with van der Waals surface area (Å²) in [4.78, 5) is 11.9. The summed E-state index contributed by atoms with van der Waals surface area (Å²) < 4.78 is 15.1. The Kier molecular flexibility index (Phi) is 3.80. The minimum absolute atomic E-state index is 0.0562. The summed E-state index contributed by atoms with van der Waals surface area (Å²) in [6.45, 7) is 1.84. The molecule has 0 atom stereocenters. The van der Waals surface area contributed by atoms with Crippen LogP contribution in [0.3, 0.4) is 0 Å². The lowest BCUT2D eigenvalue weighted by Crippen LogP contribution is -2.25. The van der Waals surface area contributed by atoms with Crippen molar-refractivity contribution in [2.75, 3.05) is 0 Å². The predicted molar refractivity (Wildman–Crippen MR) is 70.2 cm³/mol. The number of nitrogens with one attached hydrogen (secondary N) is 1. The molecule has 0 aliphatic heterocycles. The highest BCUT2D eigenvalue weighted by atomic mass is 19.1. The molecule has 1 N–H and O–H groups in total. The fourth-order valence-corrected chi connectivity index (χ4v) is 1.85. The van der Waals surface area contributed by atoms with Gasteiger partial charge in [-0.05, 0) is 25.1 Å². The van der Waals surface area contributed by atoms with Gasteiger partial charge in [0.15, 0.2) is 0 Å². The summed E-state index contributed by atoms with van der Waals surface area (Å²) >= 11 is 0. The number of rotatable bonds is 3. The molecule has 0 radical (unpaired) electrons. The van der Waals surface area contributed by atoms with E-state index in [0.717, 1.165) is 11.8 Å². The van der Waals surface area contributed by atoms with Crippen LogP contribution in [0.4, 0.5) is 4.39 Å². The van der Waals surface area contributed by atoms with E-state index < -0.39 is 5.82 Å². The second-order valence-electron chi connectivity index (χ2n) is 4.40. The molecule has 0 unspecified atom stereocenters. The number of aryl methyl sites for hydroxylation is 2. The molecule has 0 bridgehead atoms. The third-order valence-electron chi connectivity index (χ3n) is 2.86. The Hall–Kier alpha value is -2.68. The maximum Gasteiger partial charge on any atom is 0.269 e. The van der Waals surface area contributed by atoms with Crippen molar-refractivity contribution in [3.63, 3.8) is 0 Å². The third kappa shape index (κ3) is 2.83. The molecule has 2 rings (SSSR count). The van der Waals surface area contributed by atoms with E-state index in [1.54, 1.807) is 20.0 Å². The second-order valence-corrected chi connectivity index (χ2v) is 4.40. The van der Waals surface area contributed by atoms with Gasteiger partial charge < -0.3 is 5.32 Å². The van der Waals surface area contributed by atoms with Crippen LogP contribution in [0.1, 0.15) is 27.3 Å². The van der Waals surface area contributed by atoms with E-state index in [0.29, 0.717) is 11.3 Å². The van der Waals surface area contributed by atoms with Gasteiger partial charge in [0.25, 0.3) is 5.91 Å².